The maximum absolute atomic E-state index is 13.5. The van der Waals surface area contributed by atoms with Crippen LogP contribution in [0, 0.1) is 0 Å². The molecule has 10 rings (SSSR count). The molecule has 1 aromatic carbocycles. The first-order chi connectivity index (χ1) is 41.8. The number of hydrogen-bond acceptors (Lipinski definition) is 20. The summed E-state index contributed by atoms with van der Waals surface area (Å²) in [6.45, 7) is 26.8. The van der Waals surface area contributed by atoms with Crippen LogP contribution in [0.1, 0.15) is 71.2 Å². The van der Waals surface area contributed by atoms with Gasteiger partial charge >= 0.3 is 76.9 Å². The van der Waals surface area contributed by atoms with Crippen LogP contribution in [0.25, 0.3) is 0 Å². The molecule has 35 heteroatoms. The van der Waals surface area contributed by atoms with Crippen molar-refractivity contribution in [2.45, 2.75) is 257 Å². The summed E-state index contributed by atoms with van der Waals surface area (Å²) < 4.78 is 74.5. The van der Waals surface area contributed by atoms with Crippen LogP contribution in [0.2, 0.25) is 90.1 Å². The number of ether oxygens (including phenoxy) is 6. The molecule has 0 spiro atoms. The maximum Gasteiger partial charge on any atom is 0.350 e. The van der Waals surface area contributed by atoms with Gasteiger partial charge in [0.25, 0.3) is 0 Å². The van der Waals surface area contributed by atoms with Crippen molar-refractivity contribution < 1.29 is 49.3 Å². The van der Waals surface area contributed by atoms with Gasteiger partial charge in [0, 0.05) is 26.7 Å². The van der Waals surface area contributed by atoms with Crippen LogP contribution in [0.4, 0.5) is 0 Å². The van der Waals surface area contributed by atoms with Gasteiger partial charge in [-0.05, 0) is 115 Å². The highest BCUT2D eigenvalue weighted by molar-refractivity contribution is 6.95. The van der Waals surface area contributed by atoms with Crippen LogP contribution in [-0.4, -0.2) is 175 Å². The van der Waals surface area contributed by atoms with E-state index in [-0.39, 0.29) is 148 Å². The highest BCUT2D eigenvalue weighted by Crippen LogP contribution is 2.29. The molecule has 7 unspecified atom stereocenters. The van der Waals surface area contributed by atoms with Gasteiger partial charge in [0.2, 0.25) is 0 Å². The minimum absolute atomic E-state index is 0. The van der Waals surface area contributed by atoms with E-state index in [0.29, 0.717) is 71.0 Å². The lowest BCUT2D eigenvalue weighted by molar-refractivity contribution is 0.309. The molecule has 0 radical (unpaired) electrons. The summed E-state index contributed by atoms with van der Waals surface area (Å²) in [4.78, 5) is 119. The fourth-order valence-electron chi connectivity index (χ4n) is 11.2. The number of aromatic nitrogens is 9. The van der Waals surface area contributed by atoms with Crippen LogP contribution < -0.4 is 56.4 Å². The van der Waals surface area contributed by atoms with Crippen molar-refractivity contribution in [3.8, 4) is 0 Å². The number of rotatable bonds is 34. The zero-order valence-electron chi connectivity index (χ0n) is 53.4. The van der Waals surface area contributed by atoms with Gasteiger partial charge < -0.3 is 49.3 Å². The van der Waals surface area contributed by atoms with Crippen molar-refractivity contribution in [3.05, 3.63) is 125 Å². The molecular formula is C61H117N9O20Si6. The van der Waals surface area contributed by atoms with E-state index in [1.165, 1.54) is 0 Å². The van der Waals surface area contributed by atoms with Gasteiger partial charge in [0.15, 0.2) is 25.0 Å². The third kappa shape index (κ3) is 23.7. The van der Waals surface area contributed by atoms with Crippen LogP contribution in [0.5, 0.6) is 0 Å². The topological polar surface area (TPSA) is 319 Å². The molecule has 6 fully saturated rings. The minimum Gasteiger partial charge on any atom is -0.436 e. The zero-order chi connectivity index (χ0) is 64.6. The van der Waals surface area contributed by atoms with Gasteiger partial charge in [0.05, 0.1) is 116 Å². The monoisotopic (exact) mass is 1460 g/mol. The summed E-state index contributed by atoms with van der Waals surface area (Å²) in [6.07, 6.45) is 0.397. The summed E-state index contributed by atoms with van der Waals surface area (Å²) in [6, 6.07) is 11.9. The third-order valence-electron chi connectivity index (χ3n) is 16.1. The molecule has 550 valence electrons. The van der Waals surface area contributed by atoms with Crippen molar-refractivity contribution in [2.75, 3.05) is 46.8 Å². The normalized spacial score (nSPS) is 20.3. The third-order valence-corrected chi connectivity index (χ3v) is 38.8. The molecule has 0 bridgehead atoms. The Morgan fingerprint density at radius 1 is 0.333 bits per heavy atom. The summed E-state index contributed by atoms with van der Waals surface area (Å²) in [5.41, 5.74) is -5.58. The lowest BCUT2D eigenvalue weighted by Gasteiger charge is -2.42. The molecular weight excluding hydrogens is 1350 g/mol. The largest absolute Gasteiger partial charge is 0.436 e. The van der Waals surface area contributed by atoms with E-state index in [1.807, 2.05) is 63.1 Å². The Balaban J connectivity index is 0.000000742. The quantitative estimate of drug-likeness (QED) is 0.0466. The predicted molar refractivity (Wildman–Crippen MR) is 388 cm³/mol. The van der Waals surface area contributed by atoms with Crippen molar-refractivity contribution >= 4 is 55.8 Å². The van der Waals surface area contributed by atoms with E-state index < -0.39 is 102 Å². The Labute approximate surface area is 571 Å². The highest BCUT2D eigenvalue weighted by Gasteiger charge is 2.48. The zero-order valence-corrected chi connectivity index (χ0v) is 59.4. The molecule has 6 aliphatic rings. The molecule has 0 aliphatic carbocycles. The second-order valence-corrected chi connectivity index (χ2v) is 50.5. The maximum atomic E-state index is 13.5. The minimum atomic E-state index is -3.16. The van der Waals surface area contributed by atoms with Gasteiger partial charge in [-0.3, -0.25) is 0 Å². The van der Waals surface area contributed by atoms with Crippen molar-refractivity contribution in [3.63, 3.8) is 0 Å². The number of benzene rings is 1. The van der Waals surface area contributed by atoms with Crippen LogP contribution in [0.3, 0.4) is 0 Å². The number of hydrogen-bond donors (Lipinski definition) is 0. The highest BCUT2D eigenvalue weighted by atomic mass is 28.5. The van der Waals surface area contributed by atoms with Crippen LogP contribution in [-0.2, 0) is 108 Å². The van der Waals surface area contributed by atoms with E-state index >= 15 is 0 Å². The standard InChI is InChI=1S/C37H58N6O13Si4.C17H31N3O7Si2.7CH4/c1-57(2,17-11-15-38-32(44)40(19-27-23-50-27)36(48)41(33(38)45)20-28-24-51-28)54-59(5,6)56-60(7,31-13-9-8-10-14-31)55-58(3,4)18-12-16-39-34(46)42(21-29-25-52-29)37(49)43(35(39)47)22-30-26-53-30;1-24-29(4,5)27-28(2,3)8-6-7-18-15(21)19(9-13-11-25-13)17(23)20(16(18)22)10-14-12-26-14;;;;;;;/h8-10,13-14,27-30H,11-12,15-26H2,1-7H3;13-14H,6-12H2,1-5H3;7*1H4. The van der Waals surface area contributed by atoms with Crippen LogP contribution >= 0.6 is 0 Å². The lowest BCUT2D eigenvalue weighted by Crippen LogP contribution is -2.63. The predicted octanol–water partition coefficient (Wildman–Crippen LogP) is 4.26. The van der Waals surface area contributed by atoms with E-state index in [1.54, 1.807) is 7.11 Å². The fourth-order valence-corrected chi connectivity index (χ4v) is 37.3. The Morgan fingerprint density at radius 2 is 0.552 bits per heavy atom. The van der Waals surface area contributed by atoms with Crippen molar-refractivity contribution in [1.82, 2.24) is 41.1 Å². The number of nitrogens with zero attached hydrogens (tertiary/aromatic N) is 9. The molecule has 0 amide bonds. The van der Waals surface area contributed by atoms with Crippen LogP contribution in [0.15, 0.2) is 73.5 Å². The lowest BCUT2D eigenvalue weighted by atomic mass is 10.4. The van der Waals surface area contributed by atoms with Gasteiger partial charge in [-0.1, -0.05) is 82.3 Å². The molecule has 6 saturated heterocycles. The SMILES string of the molecule is C.C.C.C.C.C.C.CO[Si](C)(C)O[Si](C)(C)CCCn1c(=O)n(CC2CO2)c(=O)n(CC2CO2)c1=O.C[Si](C)(CCCn1c(=O)n(CC2CO2)c(=O)n(CC2CO2)c1=O)O[Si](C)(C)O[Si](C)(O[Si](C)(C)CCCn1c(=O)n(CC2CO2)c(=O)n(CC2CO2)c1=O)c1ccccc1. The van der Waals surface area contributed by atoms with E-state index in [0.717, 1.165) is 52.3 Å². The Bertz CT molecular complexity index is 3600. The average molecular weight is 1470 g/mol. The first-order valence-electron chi connectivity index (χ1n) is 30.7. The Hall–Kier alpha value is -4.69. The van der Waals surface area contributed by atoms with E-state index in [4.69, 9.17) is 49.3 Å². The fraction of sp³-hybridized carbons (Fsp3) is 0.754. The van der Waals surface area contributed by atoms with Gasteiger partial charge in [0.1, 0.15) is 0 Å². The molecule has 0 saturated carbocycles. The van der Waals surface area contributed by atoms with Gasteiger partial charge in [-0.25, -0.2) is 84.3 Å². The van der Waals surface area contributed by atoms with Gasteiger partial charge in [-0.15, -0.1) is 0 Å². The summed E-state index contributed by atoms with van der Waals surface area (Å²) in [5.74, 6) is 0. The number of epoxide rings is 6. The summed E-state index contributed by atoms with van der Waals surface area (Å²) >= 11 is 0. The molecule has 3 aromatic heterocycles. The van der Waals surface area contributed by atoms with E-state index in [2.05, 4.69) is 39.3 Å². The molecule has 0 N–H and O–H groups in total. The Morgan fingerprint density at radius 3 is 0.781 bits per heavy atom. The smallest absolute Gasteiger partial charge is 0.350 e. The molecule has 96 heavy (non-hydrogen) atoms. The summed E-state index contributed by atoms with van der Waals surface area (Å²) in [7, 11) is -13.6. The van der Waals surface area contributed by atoms with Gasteiger partial charge in [-0.2, -0.15) is 0 Å². The second kappa shape index (κ2) is 35.1. The molecule has 29 nitrogen and oxygen atoms in total. The Kier molecular flexibility index (Phi) is 31.9. The second-order valence-electron chi connectivity index (χ2n) is 26.7. The summed E-state index contributed by atoms with van der Waals surface area (Å²) in [5, 5.41) is 0.948. The van der Waals surface area contributed by atoms with E-state index in [9.17, 15) is 43.2 Å². The van der Waals surface area contributed by atoms with Crippen molar-refractivity contribution in [1.29, 1.82) is 0 Å². The molecule has 7 atom stereocenters. The van der Waals surface area contributed by atoms with Crippen molar-refractivity contribution in [2.24, 2.45) is 0 Å². The first-order valence-corrected chi connectivity index (χ1v) is 48.0. The molecule has 4 aromatic rings. The molecule has 6 aliphatic heterocycles. The first kappa shape index (κ1) is 87.4. The average Bonchev–Trinajstić information content (AvgIpc) is 1.78. The molecule has 9 heterocycles.